The number of aliphatic hydroxyl groups is 3. The molecule has 0 aliphatic rings. The number of aliphatic hydroxyl groups excluding tert-OH is 3. The highest BCUT2D eigenvalue weighted by molar-refractivity contribution is 5.76. The molecule has 5 nitrogen and oxygen atoms in total. The van der Waals surface area contributed by atoms with Crippen LogP contribution < -0.4 is 5.32 Å². The largest absolute Gasteiger partial charge is 0.394 e. The van der Waals surface area contributed by atoms with E-state index < -0.39 is 18.2 Å². The molecule has 0 fully saturated rings. The second kappa shape index (κ2) is 59.4. The van der Waals surface area contributed by atoms with Crippen molar-refractivity contribution < 1.29 is 20.1 Å². The molecule has 0 aliphatic heterocycles. The Labute approximate surface area is 432 Å². The van der Waals surface area contributed by atoms with Crippen LogP contribution in [0.15, 0.2) is 24.3 Å². The Hall–Kier alpha value is -1.17. The van der Waals surface area contributed by atoms with Gasteiger partial charge >= 0.3 is 0 Å². The van der Waals surface area contributed by atoms with E-state index in [1.54, 1.807) is 6.08 Å². The molecule has 0 radical (unpaired) electrons. The van der Waals surface area contributed by atoms with Gasteiger partial charge in [0.05, 0.1) is 31.3 Å². The lowest BCUT2D eigenvalue weighted by Crippen LogP contribution is -2.45. The van der Waals surface area contributed by atoms with Crippen molar-refractivity contribution >= 4 is 5.91 Å². The molecule has 69 heavy (non-hydrogen) atoms. The van der Waals surface area contributed by atoms with Gasteiger partial charge in [0.1, 0.15) is 0 Å². The minimum Gasteiger partial charge on any atom is -0.394 e. The third-order valence-corrected chi connectivity index (χ3v) is 15.0. The number of allylic oxidation sites excluding steroid dienone is 3. The predicted molar refractivity (Wildman–Crippen MR) is 305 cm³/mol. The van der Waals surface area contributed by atoms with Crippen molar-refractivity contribution in [2.75, 3.05) is 6.61 Å². The Bertz CT molecular complexity index is 1030. The van der Waals surface area contributed by atoms with Crippen LogP contribution in [0.3, 0.4) is 0 Å². The van der Waals surface area contributed by atoms with Crippen LogP contribution in [-0.4, -0.2) is 46.1 Å². The molecule has 0 rings (SSSR count). The fourth-order valence-corrected chi connectivity index (χ4v) is 10.2. The van der Waals surface area contributed by atoms with Gasteiger partial charge in [0, 0.05) is 0 Å². The Balaban J connectivity index is 3.48. The molecule has 5 heteroatoms. The molecule has 3 atom stereocenters. The van der Waals surface area contributed by atoms with Gasteiger partial charge in [-0.05, 0) is 44.9 Å². The van der Waals surface area contributed by atoms with Gasteiger partial charge in [0.15, 0.2) is 0 Å². The lowest BCUT2D eigenvalue weighted by atomic mass is 10.0. The quantitative estimate of drug-likeness (QED) is 0.0361. The van der Waals surface area contributed by atoms with Gasteiger partial charge in [0.25, 0.3) is 0 Å². The first-order chi connectivity index (χ1) is 34.0. The number of carbonyl (C=O) groups is 1. The van der Waals surface area contributed by atoms with Crippen molar-refractivity contribution in [3.63, 3.8) is 0 Å². The van der Waals surface area contributed by atoms with Crippen LogP contribution in [0, 0.1) is 0 Å². The molecule has 410 valence electrons. The summed E-state index contributed by atoms with van der Waals surface area (Å²) in [6, 6.07) is -0.743. The van der Waals surface area contributed by atoms with Gasteiger partial charge in [0.2, 0.25) is 5.91 Å². The van der Waals surface area contributed by atoms with E-state index >= 15 is 0 Å². The van der Waals surface area contributed by atoms with E-state index in [2.05, 4.69) is 31.3 Å². The van der Waals surface area contributed by atoms with Gasteiger partial charge in [-0.25, -0.2) is 0 Å². The van der Waals surface area contributed by atoms with Gasteiger partial charge in [-0.2, -0.15) is 0 Å². The molecule has 0 heterocycles. The number of unbranched alkanes of at least 4 members (excludes halogenated alkanes) is 48. The Morgan fingerprint density at radius 1 is 0.362 bits per heavy atom. The van der Waals surface area contributed by atoms with Crippen LogP contribution in [0.5, 0.6) is 0 Å². The maximum Gasteiger partial charge on any atom is 0.222 e. The summed E-state index contributed by atoms with van der Waals surface area (Å²) in [5, 5.41) is 33.5. The summed E-state index contributed by atoms with van der Waals surface area (Å²) in [5.74, 6) is -0.309. The molecule has 0 saturated heterocycles. The lowest BCUT2D eigenvalue weighted by molar-refractivity contribution is -0.124. The fourth-order valence-electron chi connectivity index (χ4n) is 10.2. The number of hydrogen-bond acceptors (Lipinski definition) is 4. The van der Waals surface area contributed by atoms with Crippen LogP contribution >= 0.6 is 0 Å². The predicted octanol–water partition coefficient (Wildman–Crippen LogP) is 20.0. The second-order valence-corrected chi connectivity index (χ2v) is 22.0. The molecule has 0 aromatic heterocycles. The molecular formula is C64H125NO4. The van der Waals surface area contributed by atoms with Gasteiger partial charge in [-0.3, -0.25) is 4.79 Å². The molecule has 4 N–H and O–H groups in total. The summed E-state index contributed by atoms with van der Waals surface area (Å²) in [5.41, 5.74) is 0. The monoisotopic (exact) mass is 972 g/mol. The van der Waals surface area contributed by atoms with Crippen molar-refractivity contribution in [3.05, 3.63) is 24.3 Å². The first-order valence-corrected chi connectivity index (χ1v) is 31.6. The third-order valence-electron chi connectivity index (χ3n) is 15.0. The molecular weight excluding hydrogens is 847 g/mol. The average molecular weight is 973 g/mol. The molecule has 3 unspecified atom stereocenters. The number of nitrogens with one attached hydrogen (secondary N) is 1. The van der Waals surface area contributed by atoms with Crippen molar-refractivity contribution in [2.45, 2.75) is 372 Å². The molecule has 1 amide bonds. The van der Waals surface area contributed by atoms with Gasteiger partial charge in [-0.1, -0.05) is 327 Å². The highest BCUT2D eigenvalue weighted by Gasteiger charge is 2.20. The number of carbonyl (C=O) groups excluding carboxylic acids is 1. The third kappa shape index (κ3) is 56.0. The van der Waals surface area contributed by atoms with Gasteiger partial charge < -0.3 is 20.6 Å². The lowest BCUT2D eigenvalue weighted by Gasteiger charge is -2.21. The topological polar surface area (TPSA) is 89.8 Å². The highest BCUT2D eigenvalue weighted by atomic mass is 16.3. The van der Waals surface area contributed by atoms with Crippen LogP contribution in [0.4, 0.5) is 0 Å². The van der Waals surface area contributed by atoms with E-state index in [9.17, 15) is 20.1 Å². The number of hydrogen-bond donors (Lipinski definition) is 4. The highest BCUT2D eigenvalue weighted by Crippen LogP contribution is 2.18. The normalized spacial score (nSPS) is 13.3. The SMILES string of the molecule is CCCCCCCCCCCCCCCCCC/C=C\CCCCCCCCCCCCCCCCCC(O)CC(=O)NC(CO)C(O)/C=C/CCCCCCCCCCCCCCCCCCC. The zero-order valence-corrected chi connectivity index (χ0v) is 47.0. The summed E-state index contributed by atoms with van der Waals surface area (Å²) in [6.45, 7) is 4.26. The fraction of sp³-hybridized carbons (Fsp3) is 0.922. The molecule has 0 aromatic carbocycles. The zero-order valence-electron chi connectivity index (χ0n) is 47.0. The summed E-state index contributed by atoms with van der Waals surface area (Å²) in [4.78, 5) is 12.5. The standard InChI is InChI=1S/C64H125NO4/c1-3-5-7-9-11-13-15-17-19-21-23-24-25-26-27-28-29-30-31-32-33-34-35-36-37-38-40-41-43-45-47-49-51-53-55-57-61(67)59-64(69)65-62(60-66)63(68)58-56-54-52-50-48-46-44-42-39-22-20-18-16-14-12-10-8-6-4-2/h30-31,56,58,61-63,66-68H,3-29,32-55,57,59-60H2,1-2H3,(H,65,69)/b31-30-,58-56+. The minimum absolute atomic E-state index is 0.0173. The second-order valence-electron chi connectivity index (χ2n) is 22.0. The Kier molecular flexibility index (Phi) is 58.4. The van der Waals surface area contributed by atoms with E-state index in [0.29, 0.717) is 6.42 Å². The van der Waals surface area contributed by atoms with Crippen LogP contribution in [0.2, 0.25) is 0 Å². The van der Waals surface area contributed by atoms with Crippen molar-refractivity contribution in [3.8, 4) is 0 Å². The van der Waals surface area contributed by atoms with Gasteiger partial charge in [-0.15, -0.1) is 0 Å². The van der Waals surface area contributed by atoms with Crippen LogP contribution in [-0.2, 0) is 4.79 Å². The summed E-state index contributed by atoms with van der Waals surface area (Å²) in [7, 11) is 0. The summed E-state index contributed by atoms with van der Waals surface area (Å²) in [6.07, 6.45) is 76.9. The first-order valence-electron chi connectivity index (χ1n) is 31.6. The number of rotatable bonds is 59. The summed E-state index contributed by atoms with van der Waals surface area (Å²) < 4.78 is 0. The van der Waals surface area contributed by atoms with E-state index in [1.165, 1.54) is 302 Å². The van der Waals surface area contributed by atoms with E-state index in [1.807, 2.05) is 6.08 Å². The molecule has 0 aliphatic carbocycles. The number of amides is 1. The van der Waals surface area contributed by atoms with E-state index in [0.717, 1.165) is 25.7 Å². The molecule has 0 aromatic rings. The Morgan fingerprint density at radius 3 is 0.884 bits per heavy atom. The van der Waals surface area contributed by atoms with E-state index in [4.69, 9.17) is 0 Å². The van der Waals surface area contributed by atoms with E-state index in [-0.39, 0.29) is 18.9 Å². The van der Waals surface area contributed by atoms with Crippen molar-refractivity contribution in [1.29, 1.82) is 0 Å². The van der Waals surface area contributed by atoms with Crippen LogP contribution in [0.25, 0.3) is 0 Å². The van der Waals surface area contributed by atoms with Crippen molar-refractivity contribution in [2.24, 2.45) is 0 Å². The minimum atomic E-state index is -0.928. The first kappa shape index (κ1) is 67.8. The maximum atomic E-state index is 12.5. The van der Waals surface area contributed by atoms with Crippen LogP contribution in [0.1, 0.15) is 354 Å². The maximum absolute atomic E-state index is 12.5. The average Bonchev–Trinajstić information content (AvgIpc) is 3.35. The zero-order chi connectivity index (χ0) is 50.0. The molecule has 0 saturated carbocycles. The Morgan fingerprint density at radius 2 is 0.609 bits per heavy atom. The molecule has 0 spiro atoms. The smallest absolute Gasteiger partial charge is 0.222 e. The summed E-state index contributed by atoms with van der Waals surface area (Å²) >= 11 is 0. The van der Waals surface area contributed by atoms with Crippen molar-refractivity contribution in [1.82, 2.24) is 5.32 Å². The molecule has 0 bridgehead atoms.